The summed E-state index contributed by atoms with van der Waals surface area (Å²) >= 11 is 13.0. The molecule has 6 aromatic carbocycles. The predicted octanol–water partition coefficient (Wildman–Crippen LogP) is 7.83. The second kappa shape index (κ2) is 31.9. The summed E-state index contributed by atoms with van der Waals surface area (Å²) in [5.74, 6) is -0.915. The van der Waals surface area contributed by atoms with Gasteiger partial charge in [0, 0.05) is 5.75 Å². The molecule has 0 atom stereocenters. The molecule has 0 N–H and O–H groups in total. The molecule has 0 aliphatic heterocycles. The van der Waals surface area contributed by atoms with Crippen LogP contribution in [0.5, 0.6) is 0 Å². The third kappa shape index (κ3) is 20.6. The first-order valence-electron chi connectivity index (χ1n) is 19.1. The van der Waals surface area contributed by atoms with Crippen LogP contribution in [0.15, 0.2) is 182 Å². The predicted molar refractivity (Wildman–Crippen MR) is 247 cm³/mol. The molecule has 11 heteroatoms. The van der Waals surface area contributed by atoms with Crippen LogP contribution in [0.1, 0.15) is 63.1 Å². The van der Waals surface area contributed by atoms with Crippen LogP contribution in [0.4, 0.5) is 0 Å². The summed E-state index contributed by atoms with van der Waals surface area (Å²) in [6.45, 7) is 4.47. The summed E-state index contributed by atoms with van der Waals surface area (Å²) in [6.07, 6.45) is 0. The van der Waals surface area contributed by atoms with Gasteiger partial charge in [0.25, 0.3) is 0 Å². The molecule has 0 radical (unpaired) electrons. The van der Waals surface area contributed by atoms with Crippen molar-refractivity contribution in [2.24, 2.45) is 0 Å². The van der Waals surface area contributed by atoms with Gasteiger partial charge < -0.3 is 19.4 Å². The van der Waals surface area contributed by atoms with Crippen molar-refractivity contribution >= 4 is 65.7 Å². The van der Waals surface area contributed by atoms with Crippen molar-refractivity contribution in [3.63, 3.8) is 0 Å². The van der Waals surface area contributed by atoms with E-state index in [2.05, 4.69) is 41.6 Å². The molecule has 0 amide bonds. The maximum atomic E-state index is 11.6. The number of hydrogen-bond acceptors (Lipinski definition) is 9. The Morgan fingerprint density at radius 2 is 0.767 bits per heavy atom. The van der Waals surface area contributed by atoms with Gasteiger partial charge in [-0.3, -0.25) is 9.59 Å². The minimum Gasteiger partial charge on any atom is -0.549 e. The van der Waals surface area contributed by atoms with E-state index in [0.717, 1.165) is 22.3 Å². The van der Waals surface area contributed by atoms with Crippen LogP contribution in [0, 0.1) is 0 Å². The van der Waals surface area contributed by atoms with Gasteiger partial charge in [-0.25, -0.2) is 0 Å². The molecule has 0 saturated heterocycles. The number of aliphatic carboxylic acids is 1. The number of thioether (sulfide) groups is 2. The minimum atomic E-state index is -1.03. The van der Waals surface area contributed by atoms with Crippen LogP contribution >= 0.6 is 47.8 Å². The van der Waals surface area contributed by atoms with Crippen molar-refractivity contribution < 1.29 is 58.5 Å². The monoisotopic (exact) mass is 888 g/mol. The Morgan fingerprint density at radius 1 is 0.500 bits per heavy atom. The van der Waals surface area contributed by atoms with Gasteiger partial charge in [0.15, 0.2) is 0 Å². The first kappa shape index (κ1) is 52.2. The quantitative estimate of drug-likeness (QED) is 0.0484. The number of carbonyl (C=O) groups is 3. The van der Waals surface area contributed by atoms with E-state index < -0.39 is 5.97 Å². The number of rotatable bonds is 15. The second-order valence-corrected chi connectivity index (χ2v) is 15.3. The first-order valence-corrected chi connectivity index (χ1v) is 22.2. The minimum absolute atomic E-state index is 0. The van der Waals surface area contributed by atoms with E-state index in [4.69, 9.17) is 16.3 Å². The van der Waals surface area contributed by atoms with Gasteiger partial charge in [-0.05, 0) is 47.2 Å². The number of benzene rings is 6. The number of alkyl halides is 1. The maximum Gasteiger partial charge on any atom is 1.00 e. The van der Waals surface area contributed by atoms with Crippen molar-refractivity contribution in [1.82, 2.24) is 0 Å². The SMILES string of the molecule is CCOC(=O)CS.CCOC(=O)CSC(c1ccccc1)c1ccccc1.ClC(c1ccccc1)c1ccccc1.O=C([O-])CSC(c1ccccc1)c1ccccc1.[Na+]. The molecular formula is C49H50ClNaO6S3. The number of thiol groups is 1. The molecule has 0 aliphatic carbocycles. The van der Waals surface area contributed by atoms with Crippen molar-refractivity contribution in [3.8, 4) is 0 Å². The van der Waals surface area contributed by atoms with E-state index in [0.29, 0.717) is 19.0 Å². The smallest absolute Gasteiger partial charge is 0.549 e. The zero-order valence-electron chi connectivity index (χ0n) is 34.2. The summed E-state index contributed by atoms with van der Waals surface area (Å²) in [6, 6.07) is 60.5. The summed E-state index contributed by atoms with van der Waals surface area (Å²) in [4.78, 5) is 32.3. The molecule has 0 aromatic heterocycles. The van der Waals surface area contributed by atoms with Crippen LogP contribution in [0.2, 0.25) is 0 Å². The van der Waals surface area contributed by atoms with Crippen molar-refractivity contribution in [2.75, 3.05) is 30.5 Å². The van der Waals surface area contributed by atoms with Gasteiger partial charge >= 0.3 is 41.5 Å². The second-order valence-electron chi connectivity index (χ2n) is 12.3. The molecule has 0 unspecified atom stereocenters. The Bertz CT molecular complexity index is 1900. The molecule has 0 aliphatic rings. The Morgan fingerprint density at radius 3 is 1.02 bits per heavy atom. The molecule has 0 spiro atoms. The Hall–Kier alpha value is -3.93. The number of halogens is 1. The Labute approximate surface area is 396 Å². The molecule has 0 saturated carbocycles. The molecule has 6 rings (SSSR count). The number of esters is 2. The fourth-order valence-corrected chi connectivity index (χ4v) is 7.90. The molecule has 0 fully saturated rings. The first-order chi connectivity index (χ1) is 28.8. The largest absolute Gasteiger partial charge is 1.00 e. The normalized spacial score (nSPS) is 10.1. The van der Waals surface area contributed by atoms with Crippen LogP contribution in [0.3, 0.4) is 0 Å². The number of hydrogen-bond donors (Lipinski definition) is 1. The number of ether oxygens (including phenoxy) is 2. The fourth-order valence-electron chi connectivity index (χ4n) is 5.43. The average molecular weight is 890 g/mol. The molecule has 0 bridgehead atoms. The molecule has 6 aromatic rings. The Balaban J connectivity index is 0.000000288. The van der Waals surface area contributed by atoms with E-state index in [1.165, 1.54) is 22.9 Å². The van der Waals surface area contributed by atoms with E-state index in [9.17, 15) is 19.5 Å². The van der Waals surface area contributed by atoms with Crippen molar-refractivity contribution in [1.29, 1.82) is 0 Å². The molecule has 0 heterocycles. The summed E-state index contributed by atoms with van der Waals surface area (Å²) < 4.78 is 9.48. The van der Waals surface area contributed by atoms with E-state index in [-0.39, 0.29) is 68.9 Å². The number of carboxylic acids is 1. The molecule has 60 heavy (non-hydrogen) atoms. The summed E-state index contributed by atoms with van der Waals surface area (Å²) in [7, 11) is 0. The van der Waals surface area contributed by atoms with Crippen molar-refractivity contribution in [3.05, 3.63) is 215 Å². The van der Waals surface area contributed by atoms with Crippen LogP contribution in [-0.4, -0.2) is 48.4 Å². The van der Waals surface area contributed by atoms with Crippen molar-refractivity contribution in [2.45, 2.75) is 29.7 Å². The number of carboxylic acid groups (broad SMARTS) is 1. The zero-order chi connectivity index (χ0) is 42.5. The third-order valence-corrected chi connectivity index (χ3v) is 11.4. The summed E-state index contributed by atoms with van der Waals surface area (Å²) in [5.41, 5.74) is 6.90. The van der Waals surface area contributed by atoms with Gasteiger partial charge in [-0.15, -0.1) is 35.1 Å². The molecule has 6 nitrogen and oxygen atoms in total. The number of carbonyl (C=O) groups excluding carboxylic acids is 3. The van der Waals surface area contributed by atoms with Gasteiger partial charge in [0.1, 0.15) is 0 Å². The van der Waals surface area contributed by atoms with E-state index >= 15 is 0 Å². The van der Waals surface area contributed by atoms with Gasteiger partial charge in [-0.2, -0.15) is 12.6 Å². The van der Waals surface area contributed by atoms with Gasteiger partial charge in [0.05, 0.1) is 46.6 Å². The standard InChI is InChI=1S/C17H18O2S.C15H14O2S.C13H11Cl.C4H8O2S.Na/c1-2-19-16(18)13-20-17(14-9-5-3-6-10-14)15-11-7-4-8-12-15;16-14(17)11-18-15(12-7-3-1-4-8-12)13-9-5-2-6-10-13;14-13(11-7-3-1-4-8-11)12-9-5-2-6-10-12;1-2-6-4(5)3-7;/h3-12,17H,2,13H2,1H3;1-10,15H,11H2,(H,16,17);1-10,13H;7H,2-3H2,1H3;/q;;;;+1/p-1. The maximum absolute atomic E-state index is 11.6. The van der Waals surface area contributed by atoms with E-state index in [1.807, 2.05) is 165 Å². The molecule has 308 valence electrons. The van der Waals surface area contributed by atoms with Crippen LogP contribution < -0.4 is 34.7 Å². The summed E-state index contributed by atoms with van der Waals surface area (Å²) in [5, 5.41) is 10.8. The van der Waals surface area contributed by atoms with Crippen LogP contribution in [0.25, 0.3) is 0 Å². The third-order valence-electron chi connectivity index (χ3n) is 8.07. The average Bonchev–Trinajstić information content (AvgIpc) is 3.29. The molecular weight excluding hydrogens is 839 g/mol. The Kier molecular flexibility index (Phi) is 27.7. The topological polar surface area (TPSA) is 92.7 Å². The van der Waals surface area contributed by atoms with Crippen LogP contribution in [-0.2, 0) is 23.9 Å². The zero-order valence-corrected chi connectivity index (χ0v) is 39.5. The van der Waals surface area contributed by atoms with Gasteiger partial charge in [-0.1, -0.05) is 182 Å². The van der Waals surface area contributed by atoms with Gasteiger partial charge in [0.2, 0.25) is 0 Å². The van der Waals surface area contributed by atoms with E-state index in [1.54, 1.807) is 18.7 Å². The fraction of sp³-hybridized carbons (Fsp3) is 0.204.